The molecule has 0 atom stereocenters. The monoisotopic (exact) mass is 418 g/mol. The van der Waals surface area contributed by atoms with Gasteiger partial charge in [-0.3, -0.25) is 0 Å². The second-order valence-electron chi connectivity index (χ2n) is 6.71. The number of rotatable bonds is 4. The van der Waals surface area contributed by atoms with E-state index in [9.17, 15) is 13.2 Å². The van der Waals surface area contributed by atoms with E-state index in [2.05, 4.69) is 15.2 Å². The first-order valence-corrected chi connectivity index (χ1v) is 9.29. The predicted molar refractivity (Wildman–Crippen MR) is 108 cm³/mol. The molecule has 0 amide bonds. The smallest absolute Gasteiger partial charge is 0.262 e. The first kappa shape index (κ1) is 18.8. The van der Waals surface area contributed by atoms with Gasteiger partial charge in [-0.1, -0.05) is 35.5 Å². The van der Waals surface area contributed by atoms with Crippen LogP contribution < -0.4 is 0 Å². The lowest BCUT2D eigenvalue weighted by atomic mass is 10.1. The number of halogens is 3. The Morgan fingerprint density at radius 1 is 0.774 bits per heavy atom. The van der Waals surface area contributed by atoms with Crippen LogP contribution in [0.3, 0.4) is 0 Å². The van der Waals surface area contributed by atoms with E-state index in [-0.39, 0.29) is 23.1 Å². The Morgan fingerprint density at radius 3 is 2.29 bits per heavy atom. The molecule has 0 aliphatic heterocycles. The van der Waals surface area contributed by atoms with Gasteiger partial charge < -0.3 is 4.52 Å². The third-order valence-electron chi connectivity index (χ3n) is 4.71. The maximum atomic E-state index is 14.1. The lowest BCUT2D eigenvalue weighted by molar-refractivity contribution is 0.432. The van der Waals surface area contributed by atoms with Gasteiger partial charge in [0.15, 0.2) is 0 Å². The fraction of sp³-hybridized carbons (Fsp3) is 0. The van der Waals surface area contributed by atoms with Crippen molar-refractivity contribution in [1.29, 1.82) is 0 Å². The highest BCUT2D eigenvalue weighted by atomic mass is 19.1. The van der Waals surface area contributed by atoms with Crippen molar-refractivity contribution in [2.75, 3.05) is 0 Å². The first-order chi connectivity index (χ1) is 15.1. The molecule has 0 saturated heterocycles. The molecule has 5 nitrogen and oxygen atoms in total. The zero-order valence-electron chi connectivity index (χ0n) is 15.8. The molecule has 152 valence electrons. The molecule has 2 heterocycles. The van der Waals surface area contributed by atoms with E-state index in [1.54, 1.807) is 16.8 Å². The molecule has 8 heteroatoms. The summed E-state index contributed by atoms with van der Waals surface area (Å²) >= 11 is 0. The minimum Gasteiger partial charge on any atom is -0.333 e. The number of hydrogen-bond donors (Lipinski definition) is 0. The SMILES string of the molecule is Fc1ccc(-n2ncc(-c3nc(-c4cc(F)ccc4F)no3)c2-c2ccccc2)cc1. The minimum absolute atomic E-state index is 0.0828. The van der Waals surface area contributed by atoms with Crippen molar-refractivity contribution in [3.8, 4) is 39.8 Å². The average molecular weight is 418 g/mol. The minimum atomic E-state index is -0.668. The molecular weight excluding hydrogens is 405 g/mol. The van der Waals surface area contributed by atoms with Gasteiger partial charge in [0.05, 0.1) is 28.7 Å². The molecule has 0 saturated carbocycles. The van der Waals surface area contributed by atoms with E-state index < -0.39 is 11.6 Å². The van der Waals surface area contributed by atoms with Crippen molar-refractivity contribution in [3.05, 3.63) is 96.4 Å². The van der Waals surface area contributed by atoms with Crippen molar-refractivity contribution in [2.45, 2.75) is 0 Å². The van der Waals surface area contributed by atoms with Gasteiger partial charge in [-0.15, -0.1) is 0 Å². The summed E-state index contributed by atoms with van der Waals surface area (Å²) in [5.41, 5.74) is 2.44. The molecule has 0 aliphatic carbocycles. The van der Waals surface area contributed by atoms with Crippen LogP contribution in [0.5, 0.6) is 0 Å². The van der Waals surface area contributed by atoms with E-state index in [0.717, 1.165) is 23.8 Å². The summed E-state index contributed by atoms with van der Waals surface area (Å²) in [6, 6.07) is 18.2. The Kier molecular flexibility index (Phi) is 4.59. The fourth-order valence-corrected chi connectivity index (χ4v) is 3.27. The van der Waals surface area contributed by atoms with Gasteiger partial charge in [-0.25, -0.2) is 17.9 Å². The molecule has 0 radical (unpaired) electrons. The van der Waals surface area contributed by atoms with Crippen molar-refractivity contribution < 1.29 is 17.7 Å². The highest BCUT2D eigenvalue weighted by Gasteiger charge is 2.22. The van der Waals surface area contributed by atoms with Crippen LogP contribution in [0.2, 0.25) is 0 Å². The molecule has 0 fully saturated rings. The molecule has 0 bridgehead atoms. The lowest BCUT2D eigenvalue weighted by Crippen LogP contribution is -1.99. The topological polar surface area (TPSA) is 56.7 Å². The van der Waals surface area contributed by atoms with Crippen LogP contribution in [0.1, 0.15) is 0 Å². The summed E-state index contributed by atoms with van der Waals surface area (Å²) in [5, 5.41) is 8.23. The van der Waals surface area contributed by atoms with E-state index in [0.29, 0.717) is 16.9 Å². The summed E-state index contributed by atoms with van der Waals surface area (Å²) in [6.45, 7) is 0. The fourth-order valence-electron chi connectivity index (χ4n) is 3.27. The van der Waals surface area contributed by atoms with Gasteiger partial charge in [0.2, 0.25) is 5.82 Å². The Labute approximate surface area is 174 Å². The second kappa shape index (κ2) is 7.56. The third kappa shape index (κ3) is 3.48. The van der Waals surface area contributed by atoms with E-state index in [1.165, 1.54) is 18.3 Å². The van der Waals surface area contributed by atoms with Gasteiger partial charge in [0.25, 0.3) is 5.89 Å². The number of aromatic nitrogens is 4. The normalized spacial score (nSPS) is 11.1. The molecular formula is C23H13F3N4O. The average Bonchev–Trinajstić information content (AvgIpc) is 3.44. The summed E-state index contributed by atoms with van der Waals surface area (Å²) in [5.74, 6) is -1.64. The summed E-state index contributed by atoms with van der Waals surface area (Å²) in [6.07, 6.45) is 1.53. The Morgan fingerprint density at radius 2 is 1.52 bits per heavy atom. The van der Waals surface area contributed by atoms with Crippen LogP contribution in [0.4, 0.5) is 13.2 Å². The molecule has 3 aromatic carbocycles. The van der Waals surface area contributed by atoms with Crippen LogP contribution in [-0.4, -0.2) is 19.9 Å². The van der Waals surface area contributed by atoms with Crippen LogP contribution >= 0.6 is 0 Å². The van der Waals surface area contributed by atoms with Crippen LogP contribution in [0.25, 0.3) is 39.8 Å². The molecule has 5 aromatic rings. The largest absolute Gasteiger partial charge is 0.333 e. The number of hydrogen-bond acceptors (Lipinski definition) is 4. The predicted octanol–water partition coefficient (Wildman–Crippen LogP) is 5.67. The van der Waals surface area contributed by atoms with E-state index >= 15 is 0 Å². The lowest BCUT2D eigenvalue weighted by Gasteiger charge is -2.09. The van der Waals surface area contributed by atoms with Crippen molar-refractivity contribution in [1.82, 2.24) is 19.9 Å². The molecule has 0 unspecified atom stereocenters. The summed E-state index contributed by atoms with van der Waals surface area (Å²) in [7, 11) is 0. The zero-order chi connectivity index (χ0) is 21.4. The van der Waals surface area contributed by atoms with Crippen molar-refractivity contribution in [2.24, 2.45) is 0 Å². The summed E-state index contributed by atoms with van der Waals surface area (Å²) in [4.78, 5) is 4.26. The van der Waals surface area contributed by atoms with Crippen LogP contribution in [-0.2, 0) is 0 Å². The van der Waals surface area contributed by atoms with Gasteiger partial charge in [-0.05, 0) is 42.5 Å². The molecule has 31 heavy (non-hydrogen) atoms. The second-order valence-corrected chi connectivity index (χ2v) is 6.71. The molecule has 2 aromatic heterocycles. The first-order valence-electron chi connectivity index (χ1n) is 9.29. The Hall–Kier alpha value is -4.20. The highest BCUT2D eigenvalue weighted by Crippen LogP contribution is 2.34. The van der Waals surface area contributed by atoms with Crippen LogP contribution in [0.15, 0.2) is 83.5 Å². The van der Waals surface area contributed by atoms with E-state index in [4.69, 9.17) is 4.52 Å². The zero-order valence-corrected chi connectivity index (χ0v) is 15.8. The van der Waals surface area contributed by atoms with Gasteiger partial charge in [0, 0.05) is 5.56 Å². The quantitative estimate of drug-likeness (QED) is 0.377. The highest BCUT2D eigenvalue weighted by molar-refractivity contribution is 5.78. The third-order valence-corrected chi connectivity index (χ3v) is 4.71. The van der Waals surface area contributed by atoms with Gasteiger partial charge in [0.1, 0.15) is 17.5 Å². The molecule has 0 N–H and O–H groups in total. The van der Waals surface area contributed by atoms with E-state index in [1.807, 2.05) is 30.3 Å². The number of nitrogens with zero attached hydrogens (tertiary/aromatic N) is 4. The molecule has 5 rings (SSSR count). The maximum Gasteiger partial charge on any atom is 0.262 e. The van der Waals surface area contributed by atoms with Gasteiger partial charge >= 0.3 is 0 Å². The Bertz CT molecular complexity index is 1360. The molecule has 0 aliphatic rings. The standard InChI is InChI=1S/C23H13F3N4O/c24-15-6-9-17(10-7-15)30-21(14-4-2-1-3-5-14)19(13-27-30)23-28-22(29-31-23)18-12-16(25)8-11-20(18)26/h1-13H. The number of benzene rings is 3. The molecule has 0 spiro atoms. The van der Waals surface area contributed by atoms with Gasteiger partial charge in [-0.2, -0.15) is 10.1 Å². The van der Waals surface area contributed by atoms with Crippen LogP contribution in [0, 0.1) is 17.5 Å². The van der Waals surface area contributed by atoms with Crippen molar-refractivity contribution >= 4 is 0 Å². The Balaban J connectivity index is 1.66. The maximum absolute atomic E-state index is 14.1. The van der Waals surface area contributed by atoms with Crippen molar-refractivity contribution in [3.63, 3.8) is 0 Å². The summed E-state index contributed by atoms with van der Waals surface area (Å²) < 4.78 is 48.1.